The topological polar surface area (TPSA) is 81.4 Å². The molecule has 2 amide bonds. The first kappa shape index (κ1) is 14.5. The van der Waals surface area contributed by atoms with Crippen LogP contribution in [-0.2, 0) is 20.7 Å². The Labute approximate surface area is 118 Å². The van der Waals surface area contributed by atoms with Crippen molar-refractivity contribution in [3.8, 4) is 0 Å². The van der Waals surface area contributed by atoms with Gasteiger partial charge in [-0.3, -0.25) is 9.59 Å². The van der Waals surface area contributed by atoms with Gasteiger partial charge in [0.2, 0.25) is 11.8 Å². The van der Waals surface area contributed by atoms with Crippen molar-refractivity contribution >= 4 is 11.8 Å². The summed E-state index contributed by atoms with van der Waals surface area (Å²) in [6, 6.07) is 7.15. The van der Waals surface area contributed by atoms with Crippen LogP contribution in [0.1, 0.15) is 17.5 Å². The van der Waals surface area contributed by atoms with Gasteiger partial charge in [-0.1, -0.05) is 29.8 Å². The van der Waals surface area contributed by atoms with Gasteiger partial charge < -0.3 is 15.8 Å². The van der Waals surface area contributed by atoms with E-state index in [1.807, 2.05) is 31.2 Å². The molecule has 1 aromatic carbocycles. The number of primary amides is 1. The fourth-order valence-corrected chi connectivity index (χ4v) is 2.21. The van der Waals surface area contributed by atoms with Gasteiger partial charge in [0, 0.05) is 13.0 Å². The molecule has 0 bridgehead atoms. The van der Waals surface area contributed by atoms with E-state index in [4.69, 9.17) is 10.5 Å². The summed E-state index contributed by atoms with van der Waals surface area (Å²) in [7, 11) is 0. The number of rotatable bonds is 5. The molecule has 1 aliphatic rings. The van der Waals surface area contributed by atoms with Crippen molar-refractivity contribution in [1.82, 2.24) is 5.32 Å². The summed E-state index contributed by atoms with van der Waals surface area (Å²) < 4.78 is 5.17. The van der Waals surface area contributed by atoms with E-state index >= 15 is 0 Å². The van der Waals surface area contributed by atoms with E-state index < -0.39 is 11.9 Å². The maximum Gasteiger partial charge on any atom is 0.240 e. The minimum Gasteiger partial charge on any atom is -0.381 e. The highest BCUT2D eigenvalue weighted by Crippen LogP contribution is 2.13. The molecule has 3 N–H and O–H groups in total. The third kappa shape index (κ3) is 3.81. The summed E-state index contributed by atoms with van der Waals surface area (Å²) in [5, 5.41) is 2.73. The van der Waals surface area contributed by atoms with E-state index in [1.165, 1.54) is 0 Å². The van der Waals surface area contributed by atoms with Crippen molar-refractivity contribution in [3.05, 3.63) is 35.4 Å². The van der Waals surface area contributed by atoms with Crippen LogP contribution in [0.4, 0.5) is 0 Å². The second-order valence-electron chi connectivity index (χ2n) is 5.21. The highest BCUT2D eigenvalue weighted by molar-refractivity contribution is 5.87. The molecule has 1 aliphatic heterocycles. The number of ether oxygens (including phenoxy) is 1. The molecule has 2 atom stereocenters. The lowest BCUT2D eigenvalue weighted by Gasteiger charge is -2.17. The Kier molecular flexibility index (Phi) is 4.74. The number of hydrogen-bond donors (Lipinski definition) is 2. The summed E-state index contributed by atoms with van der Waals surface area (Å²) >= 11 is 0. The van der Waals surface area contributed by atoms with Gasteiger partial charge in [0.25, 0.3) is 0 Å². The lowest BCUT2D eigenvalue weighted by molar-refractivity contribution is -0.129. The van der Waals surface area contributed by atoms with Crippen LogP contribution in [0.15, 0.2) is 24.3 Å². The van der Waals surface area contributed by atoms with Crippen LogP contribution in [-0.4, -0.2) is 31.1 Å². The number of nitrogens with one attached hydrogen (secondary N) is 1. The van der Waals surface area contributed by atoms with Gasteiger partial charge >= 0.3 is 0 Å². The Hall–Kier alpha value is -1.88. The normalized spacial score (nSPS) is 19.6. The van der Waals surface area contributed by atoms with E-state index in [9.17, 15) is 9.59 Å². The summed E-state index contributed by atoms with van der Waals surface area (Å²) in [5.41, 5.74) is 7.50. The molecule has 2 rings (SSSR count). The smallest absolute Gasteiger partial charge is 0.240 e. The van der Waals surface area contributed by atoms with Crippen molar-refractivity contribution in [1.29, 1.82) is 0 Å². The Bertz CT molecular complexity index is 478. The molecular weight excluding hydrogens is 256 g/mol. The van der Waals surface area contributed by atoms with Crippen molar-refractivity contribution in [2.45, 2.75) is 25.8 Å². The fraction of sp³-hybridized carbons (Fsp3) is 0.467. The van der Waals surface area contributed by atoms with Gasteiger partial charge in [0.1, 0.15) is 6.04 Å². The molecule has 1 heterocycles. The molecule has 0 aromatic heterocycles. The zero-order chi connectivity index (χ0) is 14.5. The van der Waals surface area contributed by atoms with Crippen LogP contribution >= 0.6 is 0 Å². The van der Waals surface area contributed by atoms with E-state index in [1.54, 1.807) is 0 Å². The lowest BCUT2D eigenvalue weighted by Crippen LogP contribution is -2.48. The molecular formula is C15H20N2O3. The summed E-state index contributed by atoms with van der Waals surface area (Å²) in [4.78, 5) is 23.5. The molecule has 1 saturated heterocycles. The van der Waals surface area contributed by atoms with Crippen LogP contribution in [0.5, 0.6) is 0 Å². The van der Waals surface area contributed by atoms with Crippen LogP contribution in [0.2, 0.25) is 0 Å². The van der Waals surface area contributed by atoms with Gasteiger partial charge in [-0.25, -0.2) is 0 Å². The van der Waals surface area contributed by atoms with Crippen molar-refractivity contribution in [3.63, 3.8) is 0 Å². The molecule has 0 unspecified atom stereocenters. The van der Waals surface area contributed by atoms with Gasteiger partial charge in [-0.15, -0.1) is 0 Å². The zero-order valence-electron chi connectivity index (χ0n) is 11.6. The highest BCUT2D eigenvalue weighted by atomic mass is 16.5. The minimum absolute atomic E-state index is 0.154. The standard InChI is InChI=1S/C15H20N2O3/c1-10-2-4-11(5-3-10)8-13(14(16)18)17-15(19)12-6-7-20-9-12/h2-5,12-13H,6-9H2,1H3,(H2,16,18)(H,17,19)/t12-,13-/m1/s1. The Morgan fingerprint density at radius 3 is 2.65 bits per heavy atom. The number of benzene rings is 1. The fourth-order valence-electron chi connectivity index (χ4n) is 2.21. The number of hydrogen-bond acceptors (Lipinski definition) is 3. The Morgan fingerprint density at radius 2 is 2.10 bits per heavy atom. The zero-order valence-corrected chi connectivity index (χ0v) is 11.6. The van der Waals surface area contributed by atoms with Crippen LogP contribution in [0, 0.1) is 12.8 Å². The molecule has 5 nitrogen and oxygen atoms in total. The molecule has 0 saturated carbocycles. The maximum atomic E-state index is 12.0. The quantitative estimate of drug-likeness (QED) is 0.823. The molecule has 1 aromatic rings. The SMILES string of the molecule is Cc1ccc(C[C@@H](NC(=O)[C@@H]2CCOC2)C(N)=O)cc1. The number of nitrogens with two attached hydrogens (primary N) is 1. The second-order valence-corrected chi connectivity index (χ2v) is 5.21. The average Bonchev–Trinajstić information content (AvgIpc) is 2.94. The molecule has 20 heavy (non-hydrogen) atoms. The predicted molar refractivity (Wildman–Crippen MR) is 74.9 cm³/mol. The van der Waals surface area contributed by atoms with E-state index in [0.29, 0.717) is 26.1 Å². The van der Waals surface area contributed by atoms with Crippen LogP contribution in [0.25, 0.3) is 0 Å². The summed E-state index contributed by atoms with van der Waals surface area (Å²) in [5.74, 6) is -0.842. The molecule has 1 fully saturated rings. The van der Waals surface area contributed by atoms with Crippen LogP contribution < -0.4 is 11.1 Å². The molecule has 0 spiro atoms. The second kappa shape index (κ2) is 6.52. The molecule has 0 aliphatic carbocycles. The summed E-state index contributed by atoms with van der Waals surface area (Å²) in [6.07, 6.45) is 1.11. The molecule has 108 valence electrons. The summed E-state index contributed by atoms with van der Waals surface area (Å²) in [6.45, 7) is 3.01. The Balaban J connectivity index is 1.98. The van der Waals surface area contributed by atoms with Crippen molar-refractivity contribution < 1.29 is 14.3 Å². The van der Waals surface area contributed by atoms with Crippen LogP contribution in [0.3, 0.4) is 0 Å². The number of amides is 2. The first-order chi connectivity index (χ1) is 9.56. The van der Waals surface area contributed by atoms with Gasteiger partial charge in [0.15, 0.2) is 0 Å². The van der Waals surface area contributed by atoms with E-state index in [2.05, 4.69) is 5.32 Å². The number of aryl methyl sites for hydroxylation is 1. The minimum atomic E-state index is -0.675. The van der Waals surface area contributed by atoms with Gasteiger partial charge in [0.05, 0.1) is 12.5 Å². The molecule has 5 heteroatoms. The average molecular weight is 276 g/mol. The first-order valence-corrected chi connectivity index (χ1v) is 6.79. The number of carbonyl (C=O) groups excluding carboxylic acids is 2. The van der Waals surface area contributed by atoms with Gasteiger partial charge in [-0.05, 0) is 18.9 Å². The largest absolute Gasteiger partial charge is 0.381 e. The third-order valence-electron chi connectivity index (χ3n) is 3.52. The maximum absolute atomic E-state index is 12.0. The first-order valence-electron chi connectivity index (χ1n) is 6.79. The Morgan fingerprint density at radius 1 is 1.40 bits per heavy atom. The lowest BCUT2D eigenvalue weighted by atomic mass is 10.0. The van der Waals surface area contributed by atoms with Crippen molar-refractivity contribution in [2.75, 3.05) is 13.2 Å². The monoisotopic (exact) mass is 276 g/mol. The third-order valence-corrected chi connectivity index (χ3v) is 3.52. The van der Waals surface area contributed by atoms with E-state index in [-0.39, 0.29) is 11.8 Å². The predicted octanol–water partition coefficient (Wildman–Crippen LogP) is 0.544. The van der Waals surface area contributed by atoms with E-state index in [0.717, 1.165) is 11.1 Å². The van der Waals surface area contributed by atoms with Crippen molar-refractivity contribution in [2.24, 2.45) is 11.7 Å². The number of carbonyl (C=O) groups is 2. The highest BCUT2D eigenvalue weighted by Gasteiger charge is 2.27. The molecule has 0 radical (unpaired) electrons. The van der Waals surface area contributed by atoms with Gasteiger partial charge in [-0.2, -0.15) is 0 Å².